The van der Waals surface area contributed by atoms with Crippen molar-refractivity contribution in [2.24, 2.45) is 11.7 Å². The van der Waals surface area contributed by atoms with Crippen LogP contribution in [-0.2, 0) is 4.74 Å². The van der Waals surface area contributed by atoms with Crippen molar-refractivity contribution in [2.45, 2.75) is 12.3 Å². The Balaban J connectivity index is 2.89. The lowest BCUT2D eigenvalue weighted by molar-refractivity contribution is -0.116. The van der Waals surface area contributed by atoms with Crippen molar-refractivity contribution in [1.82, 2.24) is 0 Å². The van der Waals surface area contributed by atoms with Gasteiger partial charge in [0.2, 0.25) is 0 Å². The molecule has 6 nitrogen and oxygen atoms in total. The summed E-state index contributed by atoms with van der Waals surface area (Å²) in [5, 5.41) is 36.4. The van der Waals surface area contributed by atoms with Crippen LogP contribution in [0.4, 0.5) is 0 Å². The van der Waals surface area contributed by atoms with E-state index in [9.17, 15) is 10.2 Å². The molecule has 0 saturated heterocycles. The van der Waals surface area contributed by atoms with Gasteiger partial charge >= 0.3 is 0 Å². The Morgan fingerprint density at radius 3 is 2.54 bits per heavy atom. The zero-order chi connectivity index (χ0) is 10.0. The van der Waals surface area contributed by atoms with Gasteiger partial charge in [-0.05, 0) is 0 Å². The standard InChI is InChI=1S/C7H13NO5/c8-4-6(11)5(10)3(1-9)2-13-7(4)12/h3-4,7,9-12H,1-2,8H2/t3?,4?,7-/m1/s1. The molecule has 0 aromatic carbocycles. The van der Waals surface area contributed by atoms with Crippen molar-refractivity contribution in [3.8, 4) is 0 Å². The van der Waals surface area contributed by atoms with Crippen LogP contribution in [0.2, 0.25) is 0 Å². The molecule has 2 unspecified atom stereocenters. The van der Waals surface area contributed by atoms with Gasteiger partial charge in [0.1, 0.15) is 11.8 Å². The van der Waals surface area contributed by atoms with Gasteiger partial charge in [-0.15, -0.1) is 0 Å². The van der Waals surface area contributed by atoms with Crippen LogP contribution in [0.15, 0.2) is 11.5 Å². The Kier molecular flexibility index (Phi) is 3.10. The van der Waals surface area contributed by atoms with Crippen molar-refractivity contribution in [1.29, 1.82) is 0 Å². The Hall–Kier alpha value is -0.820. The van der Waals surface area contributed by atoms with E-state index in [4.69, 9.17) is 20.7 Å². The zero-order valence-electron chi connectivity index (χ0n) is 6.92. The number of aliphatic hydroxyl groups is 4. The molecule has 3 atom stereocenters. The third-order valence-electron chi connectivity index (χ3n) is 1.96. The van der Waals surface area contributed by atoms with Gasteiger partial charge in [0.15, 0.2) is 12.0 Å². The predicted octanol–water partition coefficient (Wildman–Crippen LogP) is -1.40. The second kappa shape index (κ2) is 3.93. The van der Waals surface area contributed by atoms with Crippen LogP contribution in [0.25, 0.3) is 0 Å². The molecule has 76 valence electrons. The fourth-order valence-corrected chi connectivity index (χ4v) is 1.05. The lowest BCUT2D eigenvalue weighted by atomic mass is 10.1. The maximum absolute atomic E-state index is 9.30. The number of hydrogen-bond acceptors (Lipinski definition) is 6. The molecule has 6 N–H and O–H groups in total. The summed E-state index contributed by atoms with van der Waals surface area (Å²) in [6.45, 7) is -0.462. The molecule has 1 aliphatic rings. The lowest BCUT2D eigenvalue weighted by Crippen LogP contribution is -2.37. The van der Waals surface area contributed by atoms with Gasteiger partial charge in [-0.3, -0.25) is 0 Å². The van der Waals surface area contributed by atoms with Crippen molar-refractivity contribution >= 4 is 0 Å². The molecular weight excluding hydrogens is 178 g/mol. The molecule has 0 aromatic heterocycles. The molecule has 1 rings (SSSR count). The topological polar surface area (TPSA) is 116 Å². The van der Waals surface area contributed by atoms with Crippen LogP contribution in [0.5, 0.6) is 0 Å². The minimum atomic E-state index is -1.36. The summed E-state index contributed by atoms with van der Waals surface area (Å²) in [7, 11) is 0. The number of rotatable bonds is 1. The number of hydrogen-bond donors (Lipinski definition) is 5. The third kappa shape index (κ3) is 1.92. The second-order valence-electron chi connectivity index (χ2n) is 2.90. The highest BCUT2D eigenvalue weighted by atomic mass is 16.6. The van der Waals surface area contributed by atoms with E-state index in [1.165, 1.54) is 0 Å². The maximum Gasteiger partial charge on any atom is 0.177 e. The maximum atomic E-state index is 9.30. The van der Waals surface area contributed by atoms with Gasteiger partial charge in [0.25, 0.3) is 0 Å². The highest BCUT2D eigenvalue weighted by Gasteiger charge is 2.31. The van der Waals surface area contributed by atoms with E-state index < -0.39 is 29.8 Å². The van der Waals surface area contributed by atoms with Gasteiger partial charge in [0, 0.05) is 0 Å². The first-order chi connectivity index (χ1) is 6.07. The van der Waals surface area contributed by atoms with Crippen molar-refractivity contribution in [2.75, 3.05) is 13.2 Å². The highest BCUT2D eigenvalue weighted by molar-refractivity contribution is 5.11. The summed E-state index contributed by atoms with van der Waals surface area (Å²) in [6.07, 6.45) is -1.36. The fourth-order valence-electron chi connectivity index (χ4n) is 1.05. The quantitative estimate of drug-likeness (QED) is 0.348. The van der Waals surface area contributed by atoms with Crippen LogP contribution in [0.3, 0.4) is 0 Å². The summed E-state index contributed by atoms with van der Waals surface area (Å²) in [6, 6.07) is -1.17. The minimum absolute atomic E-state index is 0.0821. The van der Waals surface area contributed by atoms with Gasteiger partial charge in [-0.25, -0.2) is 0 Å². The molecule has 0 aliphatic carbocycles. The van der Waals surface area contributed by atoms with Crippen LogP contribution < -0.4 is 5.73 Å². The molecule has 13 heavy (non-hydrogen) atoms. The van der Waals surface area contributed by atoms with Gasteiger partial charge < -0.3 is 30.9 Å². The molecular formula is C7H13NO5. The molecule has 1 aliphatic heterocycles. The van der Waals surface area contributed by atoms with Gasteiger partial charge in [-0.1, -0.05) is 0 Å². The molecule has 0 radical (unpaired) electrons. The predicted molar refractivity (Wildman–Crippen MR) is 42.8 cm³/mol. The van der Waals surface area contributed by atoms with Crippen LogP contribution in [0, 0.1) is 5.92 Å². The molecule has 0 spiro atoms. The van der Waals surface area contributed by atoms with Crippen molar-refractivity contribution < 1.29 is 25.2 Å². The molecule has 0 amide bonds. The summed E-state index contributed by atoms with van der Waals surface area (Å²) in [4.78, 5) is 0. The summed E-state index contributed by atoms with van der Waals surface area (Å²) >= 11 is 0. The molecule has 6 heteroatoms. The normalized spacial score (nSPS) is 36.1. The largest absolute Gasteiger partial charge is 0.508 e. The van der Waals surface area contributed by atoms with E-state index in [1.54, 1.807) is 0 Å². The zero-order valence-corrected chi connectivity index (χ0v) is 6.92. The fraction of sp³-hybridized carbons (Fsp3) is 0.714. The summed E-state index contributed by atoms with van der Waals surface area (Å²) < 4.78 is 4.77. The Bertz CT molecular complexity index is 213. The number of nitrogens with two attached hydrogens (primary N) is 1. The second-order valence-corrected chi connectivity index (χ2v) is 2.90. The minimum Gasteiger partial charge on any atom is -0.508 e. The molecule has 0 bridgehead atoms. The van der Waals surface area contributed by atoms with E-state index in [1.807, 2.05) is 0 Å². The molecule has 0 aromatic rings. The molecule has 1 heterocycles. The molecule has 0 fully saturated rings. The van der Waals surface area contributed by atoms with E-state index in [0.29, 0.717) is 0 Å². The van der Waals surface area contributed by atoms with Crippen molar-refractivity contribution in [3.05, 3.63) is 11.5 Å². The first-order valence-electron chi connectivity index (χ1n) is 3.86. The summed E-state index contributed by atoms with van der Waals surface area (Å²) in [5.41, 5.74) is 5.30. The number of aliphatic hydroxyl groups excluding tert-OH is 4. The highest BCUT2D eigenvalue weighted by Crippen LogP contribution is 2.19. The first kappa shape index (κ1) is 10.3. The number of ether oxygens (including phenoxy) is 1. The Morgan fingerprint density at radius 2 is 2.00 bits per heavy atom. The lowest BCUT2D eigenvalue weighted by Gasteiger charge is -2.14. The van der Waals surface area contributed by atoms with E-state index in [-0.39, 0.29) is 13.2 Å². The van der Waals surface area contributed by atoms with E-state index in [2.05, 4.69) is 0 Å². The SMILES string of the molecule is NC1C(O)=C(O)C(CO)CO[C@H]1O. The third-order valence-corrected chi connectivity index (χ3v) is 1.96. The molecule has 0 saturated carbocycles. The van der Waals surface area contributed by atoms with Gasteiger partial charge in [0.05, 0.1) is 19.1 Å². The van der Waals surface area contributed by atoms with E-state index >= 15 is 0 Å². The summed E-state index contributed by atoms with van der Waals surface area (Å²) in [5.74, 6) is -1.70. The average molecular weight is 191 g/mol. The van der Waals surface area contributed by atoms with Crippen molar-refractivity contribution in [3.63, 3.8) is 0 Å². The first-order valence-corrected chi connectivity index (χ1v) is 3.86. The smallest absolute Gasteiger partial charge is 0.177 e. The van der Waals surface area contributed by atoms with E-state index in [0.717, 1.165) is 0 Å². The van der Waals surface area contributed by atoms with Crippen LogP contribution in [-0.4, -0.2) is 46.0 Å². The Labute approximate surface area is 74.9 Å². The van der Waals surface area contributed by atoms with Crippen LogP contribution in [0.1, 0.15) is 0 Å². The Morgan fingerprint density at radius 1 is 1.38 bits per heavy atom. The van der Waals surface area contributed by atoms with Gasteiger partial charge in [-0.2, -0.15) is 0 Å². The average Bonchev–Trinajstić information content (AvgIpc) is 2.22. The monoisotopic (exact) mass is 191 g/mol. The van der Waals surface area contributed by atoms with Crippen LogP contribution >= 0.6 is 0 Å².